The van der Waals surface area contributed by atoms with Gasteiger partial charge in [-0.05, 0) is 45.1 Å². The summed E-state index contributed by atoms with van der Waals surface area (Å²) >= 11 is 0. The third kappa shape index (κ3) is 20.1. The molecule has 0 bridgehead atoms. The number of aliphatic hydroxyl groups excluding tert-OH is 1. The second kappa shape index (κ2) is 22.7. The smallest absolute Gasteiger partial charge is 0.306 e. The van der Waals surface area contributed by atoms with Crippen LogP contribution in [-0.4, -0.2) is 36.9 Å². The largest absolute Gasteiger partial charge is 0.462 e. The van der Waals surface area contributed by atoms with E-state index >= 15 is 0 Å². The van der Waals surface area contributed by atoms with E-state index in [1.165, 1.54) is 77.0 Å². The van der Waals surface area contributed by atoms with Crippen molar-refractivity contribution in [1.82, 2.24) is 5.32 Å². The molecule has 0 saturated heterocycles. The van der Waals surface area contributed by atoms with Crippen LogP contribution >= 0.6 is 0 Å². The highest BCUT2D eigenvalue weighted by Gasteiger charge is 2.14. The van der Waals surface area contributed by atoms with Crippen molar-refractivity contribution in [2.45, 2.75) is 129 Å². The third-order valence-corrected chi connectivity index (χ3v) is 5.33. The van der Waals surface area contributed by atoms with E-state index in [0.717, 1.165) is 32.2 Å². The molecule has 0 saturated carbocycles. The van der Waals surface area contributed by atoms with Crippen molar-refractivity contribution in [1.29, 1.82) is 0 Å². The van der Waals surface area contributed by atoms with Crippen LogP contribution in [0.2, 0.25) is 0 Å². The van der Waals surface area contributed by atoms with Gasteiger partial charge in [0.05, 0.1) is 6.61 Å². The third-order valence-electron chi connectivity index (χ3n) is 5.33. The molecule has 0 unspecified atom stereocenters. The SMILES string of the molecule is CCCCCCCCC(CCCCCCCC)OC(=O)CCCCNCCO. The van der Waals surface area contributed by atoms with E-state index < -0.39 is 0 Å². The summed E-state index contributed by atoms with van der Waals surface area (Å²) in [7, 11) is 0. The Balaban J connectivity index is 3.99. The molecule has 4 heteroatoms. The van der Waals surface area contributed by atoms with Crippen LogP contribution in [0.4, 0.5) is 0 Å². The zero-order chi connectivity index (χ0) is 20.7. The zero-order valence-electron chi connectivity index (χ0n) is 19.0. The molecule has 0 radical (unpaired) electrons. The van der Waals surface area contributed by atoms with Crippen LogP contribution in [0.3, 0.4) is 0 Å². The number of esters is 1. The van der Waals surface area contributed by atoms with Gasteiger partial charge in [-0.25, -0.2) is 0 Å². The molecule has 0 fully saturated rings. The molecular formula is C24H49NO3. The fraction of sp³-hybridized carbons (Fsp3) is 0.958. The zero-order valence-corrected chi connectivity index (χ0v) is 19.0. The lowest BCUT2D eigenvalue weighted by atomic mass is 10.0. The molecule has 0 aromatic heterocycles. The molecule has 0 heterocycles. The standard InChI is InChI=1S/C24H49NO3/c1-3-5-7-9-11-13-17-23(18-14-12-10-8-6-4-2)28-24(27)19-15-16-20-25-21-22-26/h23,25-26H,3-22H2,1-2H3. The highest BCUT2D eigenvalue weighted by atomic mass is 16.5. The summed E-state index contributed by atoms with van der Waals surface area (Å²) in [6.45, 7) is 6.15. The lowest BCUT2D eigenvalue weighted by molar-refractivity contribution is -0.150. The highest BCUT2D eigenvalue weighted by molar-refractivity contribution is 5.69. The van der Waals surface area contributed by atoms with Gasteiger partial charge < -0.3 is 15.2 Å². The van der Waals surface area contributed by atoms with Crippen molar-refractivity contribution >= 4 is 5.97 Å². The summed E-state index contributed by atoms with van der Waals surface area (Å²) in [6.07, 6.45) is 20.0. The Morgan fingerprint density at radius 1 is 0.750 bits per heavy atom. The molecule has 0 aliphatic heterocycles. The molecule has 28 heavy (non-hydrogen) atoms. The van der Waals surface area contributed by atoms with Crippen LogP contribution in [0, 0.1) is 0 Å². The molecule has 168 valence electrons. The monoisotopic (exact) mass is 399 g/mol. The maximum absolute atomic E-state index is 12.2. The van der Waals surface area contributed by atoms with Crippen LogP contribution in [0.1, 0.15) is 123 Å². The molecule has 2 N–H and O–H groups in total. The summed E-state index contributed by atoms with van der Waals surface area (Å²) in [4.78, 5) is 12.2. The van der Waals surface area contributed by atoms with E-state index in [2.05, 4.69) is 19.2 Å². The first-order valence-electron chi connectivity index (χ1n) is 12.3. The van der Waals surface area contributed by atoms with Crippen LogP contribution in [0.15, 0.2) is 0 Å². The van der Waals surface area contributed by atoms with Crippen molar-refractivity contribution in [2.24, 2.45) is 0 Å². The first-order chi connectivity index (χ1) is 13.7. The summed E-state index contributed by atoms with van der Waals surface area (Å²) in [5.74, 6) is -0.0240. The van der Waals surface area contributed by atoms with E-state index in [1.807, 2.05) is 0 Å². The van der Waals surface area contributed by atoms with Gasteiger partial charge in [0.2, 0.25) is 0 Å². The maximum atomic E-state index is 12.2. The van der Waals surface area contributed by atoms with Crippen LogP contribution < -0.4 is 5.32 Å². The molecular weight excluding hydrogens is 350 g/mol. The van der Waals surface area contributed by atoms with Crippen LogP contribution in [-0.2, 0) is 9.53 Å². The molecule has 0 aromatic carbocycles. The van der Waals surface area contributed by atoms with Gasteiger partial charge in [0.1, 0.15) is 6.10 Å². The van der Waals surface area contributed by atoms with Gasteiger partial charge in [0.25, 0.3) is 0 Å². The number of aliphatic hydroxyl groups is 1. The first-order valence-corrected chi connectivity index (χ1v) is 12.3. The molecule has 0 aliphatic rings. The predicted molar refractivity (Wildman–Crippen MR) is 120 cm³/mol. The number of nitrogens with one attached hydrogen (secondary N) is 1. The number of ether oxygens (including phenoxy) is 1. The van der Waals surface area contributed by atoms with E-state index in [9.17, 15) is 4.79 Å². The molecule has 0 atom stereocenters. The Bertz CT molecular complexity index is 307. The van der Waals surface area contributed by atoms with E-state index in [-0.39, 0.29) is 18.7 Å². The van der Waals surface area contributed by atoms with E-state index in [1.54, 1.807) is 0 Å². The average molecular weight is 400 g/mol. The Morgan fingerprint density at radius 3 is 1.82 bits per heavy atom. The van der Waals surface area contributed by atoms with Crippen LogP contribution in [0.5, 0.6) is 0 Å². The molecule has 0 spiro atoms. The Hall–Kier alpha value is -0.610. The number of unbranched alkanes of at least 4 members (excludes halogenated alkanes) is 11. The molecule has 0 amide bonds. The van der Waals surface area contributed by atoms with E-state index in [4.69, 9.17) is 9.84 Å². The predicted octanol–water partition coefficient (Wildman–Crippen LogP) is 6.15. The normalized spacial score (nSPS) is 11.3. The average Bonchev–Trinajstić information content (AvgIpc) is 2.69. The lowest BCUT2D eigenvalue weighted by Crippen LogP contribution is -2.20. The van der Waals surface area contributed by atoms with Gasteiger partial charge in [-0.2, -0.15) is 0 Å². The Labute approximate surface area is 175 Å². The quantitative estimate of drug-likeness (QED) is 0.169. The molecule has 4 nitrogen and oxygen atoms in total. The second-order valence-corrected chi connectivity index (χ2v) is 8.16. The first kappa shape index (κ1) is 27.4. The summed E-state index contributed by atoms with van der Waals surface area (Å²) in [5.41, 5.74) is 0. The minimum Gasteiger partial charge on any atom is -0.462 e. The number of hydrogen-bond acceptors (Lipinski definition) is 4. The van der Waals surface area contributed by atoms with Gasteiger partial charge in [-0.15, -0.1) is 0 Å². The van der Waals surface area contributed by atoms with E-state index in [0.29, 0.717) is 13.0 Å². The van der Waals surface area contributed by atoms with Crippen molar-refractivity contribution in [2.75, 3.05) is 19.7 Å². The van der Waals surface area contributed by atoms with Crippen molar-refractivity contribution in [3.8, 4) is 0 Å². The molecule has 0 aliphatic carbocycles. The number of carbonyl (C=O) groups is 1. The maximum Gasteiger partial charge on any atom is 0.306 e. The molecule has 0 rings (SSSR count). The minimum atomic E-state index is -0.0240. The fourth-order valence-corrected chi connectivity index (χ4v) is 3.54. The minimum absolute atomic E-state index is 0.0240. The number of carbonyl (C=O) groups excluding carboxylic acids is 1. The lowest BCUT2D eigenvalue weighted by Gasteiger charge is -2.18. The number of rotatable bonds is 22. The Morgan fingerprint density at radius 2 is 1.29 bits per heavy atom. The second-order valence-electron chi connectivity index (χ2n) is 8.16. The van der Waals surface area contributed by atoms with Crippen molar-refractivity contribution in [3.05, 3.63) is 0 Å². The molecule has 0 aromatic rings. The van der Waals surface area contributed by atoms with Crippen molar-refractivity contribution in [3.63, 3.8) is 0 Å². The Kier molecular flexibility index (Phi) is 22.2. The van der Waals surface area contributed by atoms with Gasteiger partial charge in [0, 0.05) is 13.0 Å². The summed E-state index contributed by atoms with van der Waals surface area (Å²) in [5, 5.41) is 11.9. The topological polar surface area (TPSA) is 58.6 Å². The summed E-state index contributed by atoms with van der Waals surface area (Å²) in [6, 6.07) is 0. The van der Waals surface area contributed by atoms with Gasteiger partial charge >= 0.3 is 5.97 Å². The van der Waals surface area contributed by atoms with Gasteiger partial charge in [-0.3, -0.25) is 4.79 Å². The van der Waals surface area contributed by atoms with Crippen LogP contribution in [0.25, 0.3) is 0 Å². The highest BCUT2D eigenvalue weighted by Crippen LogP contribution is 2.17. The summed E-state index contributed by atoms with van der Waals surface area (Å²) < 4.78 is 5.83. The van der Waals surface area contributed by atoms with Gasteiger partial charge in [0.15, 0.2) is 0 Å². The van der Waals surface area contributed by atoms with Crippen molar-refractivity contribution < 1.29 is 14.6 Å². The number of hydrogen-bond donors (Lipinski definition) is 2. The van der Waals surface area contributed by atoms with Gasteiger partial charge in [-0.1, -0.05) is 78.1 Å². The fourth-order valence-electron chi connectivity index (χ4n) is 3.54.